The lowest BCUT2D eigenvalue weighted by atomic mass is 9.82. The molecule has 1 atom stereocenters. The summed E-state index contributed by atoms with van der Waals surface area (Å²) < 4.78 is 1.83. The molecule has 1 aliphatic heterocycles. The number of pyridine rings is 1. The predicted molar refractivity (Wildman–Crippen MR) is 85.5 cm³/mol. The fraction of sp³-hybridized carbons (Fsp3) is 0.706. The standard InChI is InChI=1S/C17H27N3O/c21-17-8-4-5-10-20(17)13-12-19-11-9-18-14-16(19)15-6-2-1-3-7-15/h4-5,8,10,15-16,18H,1-3,6-7,9,11-14H2. The van der Waals surface area contributed by atoms with Crippen molar-refractivity contribution < 1.29 is 0 Å². The molecule has 0 aromatic carbocycles. The Hall–Kier alpha value is -1.13. The van der Waals surface area contributed by atoms with E-state index in [9.17, 15) is 4.79 Å². The molecule has 2 aliphatic rings. The first-order valence-electron chi connectivity index (χ1n) is 8.45. The van der Waals surface area contributed by atoms with E-state index in [1.54, 1.807) is 6.07 Å². The second-order valence-electron chi connectivity index (χ2n) is 6.44. The second-order valence-corrected chi connectivity index (χ2v) is 6.44. The molecule has 2 fully saturated rings. The number of hydrogen-bond acceptors (Lipinski definition) is 3. The average Bonchev–Trinajstić information content (AvgIpc) is 2.55. The molecule has 1 saturated heterocycles. The average molecular weight is 289 g/mol. The van der Waals surface area contributed by atoms with E-state index in [4.69, 9.17) is 0 Å². The van der Waals surface area contributed by atoms with Crippen LogP contribution in [0.25, 0.3) is 0 Å². The smallest absolute Gasteiger partial charge is 0.250 e. The van der Waals surface area contributed by atoms with Crippen LogP contribution in [0.3, 0.4) is 0 Å². The van der Waals surface area contributed by atoms with Gasteiger partial charge < -0.3 is 9.88 Å². The molecule has 0 radical (unpaired) electrons. The van der Waals surface area contributed by atoms with Gasteiger partial charge in [0.1, 0.15) is 0 Å². The second kappa shape index (κ2) is 7.23. The van der Waals surface area contributed by atoms with Crippen LogP contribution in [0.15, 0.2) is 29.2 Å². The van der Waals surface area contributed by atoms with Crippen LogP contribution in [0.2, 0.25) is 0 Å². The molecule has 1 N–H and O–H groups in total. The Morgan fingerprint density at radius 1 is 1.14 bits per heavy atom. The van der Waals surface area contributed by atoms with Crippen molar-refractivity contribution in [1.82, 2.24) is 14.8 Å². The molecule has 2 heterocycles. The molecule has 4 nitrogen and oxygen atoms in total. The highest BCUT2D eigenvalue weighted by molar-refractivity contribution is 4.94. The number of piperazine rings is 1. The highest BCUT2D eigenvalue weighted by Gasteiger charge is 2.30. The lowest BCUT2D eigenvalue weighted by Crippen LogP contribution is -2.55. The molecule has 0 spiro atoms. The van der Waals surface area contributed by atoms with E-state index in [1.165, 1.54) is 32.1 Å². The summed E-state index contributed by atoms with van der Waals surface area (Å²) in [5, 5.41) is 3.56. The Morgan fingerprint density at radius 3 is 2.81 bits per heavy atom. The number of nitrogens with one attached hydrogen (secondary N) is 1. The van der Waals surface area contributed by atoms with Crippen LogP contribution in [-0.4, -0.2) is 41.7 Å². The maximum Gasteiger partial charge on any atom is 0.250 e. The van der Waals surface area contributed by atoms with Gasteiger partial charge in [0.2, 0.25) is 0 Å². The van der Waals surface area contributed by atoms with Gasteiger partial charge in [-0.15, -0.1) is 0 Å². The van der Waals surface area contributed by atoms with E-state index in [0.717, 1.165) is 38.6 Å². The molecule has 1 saturated carbocycles. The van der Waals surface area contributed by atoms with Crippen LogP contribution >= 0.6 is 0 Å². The van der Waals surface area contributed by atoms with Crippen molar-refractivity contribution in [3.8, 4) is 0 Å². The van der Waals surface area contributed by atoms with Crippen molar-refractivity contribution in [2.45, 2.75) is 44.7 Å². The van der Waals surface area contributed by atoms with Gasteiger partial charge in [0, 0.05) is 51.0 Å². The molecule has 3 rings (SSSR count). The van der Waals surface area contributed by atoms with Crippen LogP contribution < -0.4 is 10.9 Å². The van der Waals surface area contributed by atoms with Gasteiger partial charge in [0.25, 0.3) is 5.56 Å². The molecular weight excluding hydrogens is 262 g/mol. The topological polar surface area (TPSA) is 37.3 Å². The minimum atomic E-state index is 0.113. The summed E-state index contributed by atoms with van der Waals surface area (Å²) in [6.07, 6.45) is 8.87. The summed E-state index contributed by atoms with van der Waals surface area (Å²) in [5.41, 5.74) is 0.113. The van der Waals surface area contributed by atoms with Crippen molar-refractivity contribution in [2.75, 3.05) is 26.2 Å². The molecule has 1 aromatic rings. The number of hydrogen-bond donors (Lipinski definition) is 1. The van der Waals surface area contributed by atoms with Crippen LogP contribution in [0.5, 0.6) is 0 Å². The SMILES string of the molecule is O=c1ccccn1CCN1CCNCC1C1CCCCC1. The first-order chi connectivity index (χ1) is 10.3. The predicted octanol–water partition coefficient (Wildman–Crippen LogP) is 1.70. The Morgan fingerprint density at radius 2 is 2.00 bits per heavy atom. The van der Waals surface area contributed by atoms with Gasteiger partial charge in [0.15, 0.2) is 0 Å². The molecule has 1 aromatic heterocycles. The number of rotatable bonds is 4. The summed E-state index contributed by atoms with van der Waals surface area (Å²) in [7, 11) is 0. The zero-order valence-electron chi connectivity index (χ0n) is 12.8. The largest absolute Gasteiger partial charge is 0.314 e. The van der Waals surface area contributed by atoms with Gasteiger partial charge in [-0.25, -0.2) is 0 Å². The lowest BCUT2D eigenvalue weighted by molar-refractivity contribution is 0.0889. The maximum absolute atomic E-state index is 11.8. The van der Waals surface area contributed by atoms with Gasteiger partial charge in [-0.05, 0) is 24.8 Å². The first kappa shape index (κ1) is 14.8. The molecule has 1 aliphatic carbocycles. The fourth-order valence-electron chi connectivity index (χ4n) is 3.91. The molecule has 1 unspecified atom stereocenters. The zero-order valence-corrected chi connectivity index (χ0v) is 12.8. The van der Waals surface area contributed by atoms with Crippen molar-refractivity contribution in [3.63, 3.8) is 0 Å². The minimum Gasteiger partial charge on any atom is -0.314 e. The van der Waals surface area contributed by atoms with E-state index >= 15 is 0 Å². The van der Waals surface area contributed by atoms with E-state index in [0.29, 0.717) is 6.04 Å². The minimum absolute atomic E-state index is 0.113. The van der Waals surface area contributed by atoms with E-state index in [-0.39, 0.29) is 5.56 Å². The quantitative estimate of drug-likeness (QED) is 0.917. The first-order valence-corrected chi connectivity index (χ1v) is 8.45. The van der Waals surface area contributed by atoms with Crippen LogP contribution in [0.1, 0.15) is 32.1 Å². The summed E-state index contributed by atoms with van der Waals surface area (Å²) in [6, 6.07) is 6.07. The van der Waals surface area contributed by atoms with E-state index in [1.807, 2.05) is 22.9 Å². The van der Waals surface area contributed by atoms with Crippen molar-refractivity contribution in [3.05, 3.63) is 34.7 Å². The summed E-state index contributed by atoms with van der Waals surface area (Å²) >= 11 is 0. The highest BCUT2D eigenvalue weighted by Crippen LogP contribution is 2.29. The molecule has 116 valence electrons. The molecule has 21 heavy (non-hydrogen) atoms. The Labute approximate surface area is 127 Å². The summed E-state index contributed by atoms with van der Waals surface area (Å²) in [5.74, 6) is 0.846. The van der Waals surface area contributed by atoms with Crippen LogP contribution in [0.4, 0.5) is 0 Å². The summed E-state index contributed by atoms with van der Waals surface area (Å²) in [6.45, 7) is 5.11. The molecular formula is C17H27N3O. The third kappa shape index (κ3) is 3.74. The molecule has 4 heteroatoms. The Balaban J connectivity index is 1.61. The van der Waals surface area contributed by atoms with E-state index in [2.05, 4.69) is 10.2 Å². The monoisotopic (exact) mass is 289 g/mol. The van der Waals surface area contributed by atoms with Crippen molar-refractivity contribution in [1.29, 1.82) is 0 Å². The van der Waals surface area contributed by atoms with Crippen LogP contribution in [-0.2, 0) is 6.54 Å². The lowest BCUT2D eigenvalue weighted by Gasteiger charge is -2.42. The van der Waals surface area contributed by atoms with Gasteiger partial charge in [-0.3, -0.25) is 9.69 Å². The maximum atomic E-state index is 11.8. The normalized spacial score (nSPS) is 25.0. The fourth-order valence-corrected chi connectivity index (χ4v) is 3.91. The van der Waals surface area contributed by atoms with Crippen molar-refractivity contribution >= 4 is 0 Å². The third-order valence-corrected chi connectivity index (χ3v) is 5.12. The molecule has 0 bridgehead atoms. The summed E-state index contributed by atoms with van der Waals surface area (Å²) in [4.78, 5) is 14.4. The van der Waals surface area contributed by atoms with Gasteiger partial charge in [-0.2, -0.15) is 0 Å². The van der Waals surface area contributed by atoms with Gasteiger partial charge in [0.05, 0.1) is 0 Å². The Kier molecular flexibility index (Phi) is 5.09. The van der Waals surface area contributed by atoms with Gasteiger partial charge >= 0.3 is 0 Å². The third-order valence-electron chi connectivity index (χ3n) is 5.12. The van der Waals surface area contributed by atoms with Crippen molar-refractivity contribution in [2.24, 2.45) is 5.92 Å². The molecule has 0 amide bonds. The van der Waals surface area contributed by atoms with E-state index < -0.39 is 0 Å². The van der Waals surface area contributed by atoms with Crippen LogP contribution in [0, 0.1) is 5.92 Å². The van der Waals surface area contributed by atoms with Gasteiger partial charge in [-0.1, -0.05) is 25.3 Å². The number of nitrogens with zero attached hydrogens (tertiary/aromatic N) is 2. The highest BCUT2D eigenvalue weighted by atomic mass is 16.1. The zero-order chi connectivity index (χ0) is 14.5. The Bertz CT molecular complexity index is 493. The number of aromatic nitrogens is 1.